The van der Waals surface area contributed by atoms with Gasteiger partial charge >= 0.3 is 0 Å². The number of aromatic amines is 1. The van der Waals surface area contributed by atoms with Crippen LogP contribution in [-0.2, 0) is 0 Å². The largest absolute Gasteiger partial charge is 0.454 e. The summed E-state index contributed by atoms with van der Waals surface area (Å²) >= 11 is 0. The molecule has 0 fully saturated rings. The quantitative estimate of drug-likeness (QED) is 0.789. The Morgan fingerprint density at radius 2 is 1.91 bits per heavy atom. The number of H-pyrrole nitrogens is 1. The van der Waals surface area contributed by atoms with Gasteiger partial charge in [0.05, 0.1) is 10.9 Å². The summed E-state index contributed by atoms with van der Waals surface area (Å²) in [6.45, 7) is 0.252. The third-order valence-corrected chi connectivity index (χ3v) is 3.46. The second-order valence-electron chi connectivity index (χ2n) is 4.91. The smallest absolute Gasteiger partial charge is 0.259 e. The number of benzene rings is 2. The van der Waals surface area contributed by atoms with Gasteiger partial charge in [-0.1, -0.05) is 24.3 Å². The summed E-state index contributed by atoms with van der Waals surface area (Å²) in [5, 5.41) is 0.586. The monoisotopic (exact) mass is 292 g/mol. The SMILES string of the molecule is O=c1[nH]c(C=Cc2ccc3c(c2)OCO3)nc2ccccc12. The molecule has 0 saturated carbocycles. The van der Waals surface area contributed by atoms with Gasteiger partial charge in [0, 0.05) is 0 Å². The second-order valence-corrected chi connectivity index (χ2v) is 4.91. The van der Waals surface area contributed by atoms with Crippen LogP contribution < -0.4 is 15.0 Å². The number of para-hydroxylation sites is 1. The number of nitrogens with zero attached hydrogens (tertiary/aromatic N) is 1. The zero-order chi connectivity index (χ0) is 14.9. The summed E-state index contributed by atoms with van der Waals surface area (Å²) in [6.07, 6.45) is 3.64. The number of rotatable bonds is 2. The van der Waals surface area contributed by atoms with Crippen LogP contribution in [0.15, 0.2) is 47.3 Å². The Kier molecular flexibility index (Phi) is 2.89. The zero-order valence-electron chi connectivity index (χ0n) is 11.6. The van der Waals surface area contributed by atoms with Crippen molar-refractivity contribution < 1.29 is 9.47 Å². The fourth-order valence-electron chi connectivity index (χ4n) is 2.38. The molecular weight excluding hydrogens is 280 g/mol. The van der Waals surface area contributed by atoms with Gasteiger partial charge in [-0.25, -0.2) is 4.98 Å². The van der Waals surface area contributed by atoms with Gasteiger partial charge in [0.15, 0.2) is 11.5 Å². The molecule has 0 spiro atoms. The van der Waals surface area contributed by atoms with E-state index in [0.717, 1.165) is 17.1 Å². The van der Waals surface area contributed by atoms with Gasteiger partial charge in [-0.05, 0) is 35.9 Å². The van der Waals surface area contributed by atoms with Crippen LogP contribution in [0.1, 0.15) is 11.4 Å². The van der Waals surface area contributed by atoms with Crippen molar-refractivity contribution in [2.75, 3.05) is 6.79 Å². The number of hydrogen-bond acceptors (Lipinski definition) is 4. The van der Waals surface area contributed by atoms with E-state index in [1.807, 2.05) is 42.5 Å². The van der Waals surface area contributed by atoms with E-state index in [4.69, 9.17) is 9.47 Å². The minimum absolute atomic E-state index is 0.143. The maximum Gasteiger partial charge on any atom is 0.259 e. The molecule has 4 rings (SSSR count). The maximum atomic E-state index is 12.0. The van der Waals surface area contributed by atoms with Crippen molar-refractivity contribution in [1.82, 2.24) is 9.97 Å². The minimum atomic E-state index is -0.143. The Bertz CT molecular complexity index is 944. The highest BCUT2D eigenvalue weighted by Crippen LogP contribution is 2.32. The number of aromatic nitrogens is 2. The standard InChI is InChI=1S/C17H12N2O3/c20-17-12-3-1-2-4-13(12)18-16(19-17)8-6-11-5-7-14-15(9-11)22-10-21-14/h1-9H,10H2,(H,18,19,20). The van der Waals surface area contributed by atoms with Gasteiger partial charge < -0.3 is 14.5 Å². The fraction of sp³-hybridized carbons (Fsp3) is 0.0588. The summed E-state index contributed by atoms with van der Waals surface area (Å²) in [6, 6.07) is 12.9. The summed E-state index contributed by atoms with van der Waals surface area (Å²) in [5.41, 5.74) is 1.48. The van der Waals surface area contributed by atoms with Crippen molar-refractivity contribution in [3.63, 3.8) is 0 Å². The summed E-state index contributed by atoms with van der Waals surface area (Å²) in [7, 11) is 0. The van der Waals surface area contributed by atoms with Crippen LogP contribution in [0.4, 0.5) is 0 Å². The van der Waals surface area contributed by atoms with Crippen LogP contribution in [0.2, 0.25) is 0 Å². The Balaban J connectivity index is 1.69. The summed E-state index contributed by atoms with van der Waals surface area (Å²) in [4.78, 5) is 19.2. The highest BCUT2D eigenvalue weighted by atomic mass is 16.7. The fourth-order valence-corrected chi connectivity index (χ4v) is 2.38. The Hall–Kier alpha value is -3.08. The molecule has 0 bridgehead atoms. The molecule has 2 heterocycles. The Morgan fingerprint density at radius 1 is 1.05 bits per heavy atom. The predicted molar refractivity (Wildman–Crippen MR) is 83.9 cm³/mol. The van der Waals surface area contributed by atoms with E-state index >= 15 is 0 Å². The molecular formula is C17H12N2O3. The molecule has 0 aliphatic carbocycles. The molecule has 1 N–H and O–H groups in total. The third-order valence-electron chi connectivity index (χ3n) is 3.46. The average molecular weight is 292 g/mol. The molecule has 1 aliphatic rings. The molecule has 5 heteroatoms. The van der Waals surface area contributed by atoms with E-state index in [1.54, 1.807) is 12.1 Å². The number of fused-ring (bicyclic) bond motifs is 2. The van der Waals surface area contributed by atoms with Crippen molar-refractivity contribution >= 4 is 23.1 Å². The van der Waals surface area contributed by atoms with E-state index in [9.17, 15) is 4.79 Å². The molecule has 108 valence electrons. The maximum absolute atomic E-state index is 12.0. The number of ether oxygens (including phenoxy) is 2. The van der Waals surface area contributed by atoms with Crippen LogP contribution in [0.25, 0.3) is 23.1 Å². The van der Waals surface area contributed by atoms with Crippen molar-refractivity contribution in [3.8, 4) is 11.5 Å². The van der Waals surface area contributed by atoms with Crippen LogP contribution in [0.3, 0.4) is 0 Å². The van der Waals surface area contributed by atoms with E-state index in [-0.39, 0.29) is 12.4 Å². The molecule has 5 nitrogen and oxygen atoms in total. The molecule has 2 aromatic carbocycles. The lowest BCUT2D eigenvalue weighted by atomic mass is 10.2. The first-order valence-corrected chi connectivity index (χ1v) is 6.86. The molecule has 1 aromatic heterocycles. The summed E-state index contributed by atoms with van der Waals surface area (Å²) in [5.74, 6) is 1.98. The highest BCUT2D eigenvalue weighted by Gasteiger charge is 2.12. The van der Waals surface area contributed by atoms with Crippen LogP contribution in [-0.4, -0.2) is 16.8 Å². The molecule has 1 aliphatic heterocycles. The first-order valence-electron chi connectivity index (χ1n) is 6.86. The minimum Gasteiger partial charge on any atom is -0.454 e. The molecule has 0 amide bonds. The van der Waals surface area contributed by atoms with Gasteiger partial charge in [0.25, 0.3) is 5.56 Å². The Labute approximate surface area is 125 Å². The molecule has 0 saturated heterocycles. The van der Waals surface area contributed by atoms with Gasteiger partial charge in [-0.15, -0.1) is 0 Å². The average Bonchev–Trinajstić information content (AvgIpc) is 3.00. The first-order chi connectivity index (χ1) is 10.8. The van der Waals surface area contributed by atoms with Crippen molar-refractivity contribution in [1.29, 1.82) is 0 Å². The van der Waals surface area contributed by atoms with E-state index in [2.05, 4.69) is 9.97 Å². The van der Waals surface area contributed by atoms with E-state index in [0.29, 0.717) is 16.7 Å². The molecule has 3 aromatic rings. The van der Waals surface area contributed by atoms with Crippen molar-refractivity contribution in [2.24, 2.45) is 0 Å². The van der Waals surface area contributed by atoms with E-state index < -0.39 is 0 Å². The van der Waals surface area contributed by atoms with Crippen molar-refractivity contribution in [2.45, 2.75) is 0 Å². The first kappa shape index (κ1) is 12.6. The Morgan fingerprint density at radius 3 is 2.86 bits per heavy atom. The molecule has 22 heavy (non-hydrogen) atoms. The molecule has 0 unspecified atom stereocenters. The van der Waals surface area contributed by atoms with Gasteiger partial charge in [-0.3, -0.25) is 4.79 Å². The van der Waals surface area contributed by atoms with E-state index in [1.165, 1.54) is 0 Å². The molecule has 0 atom stereocenters. The van der Waals surface area contributed by atoms with Crippen LogP contribution in [0.5, 0.6) is 11.5 Å². The zero-order valence-corrected chi connectivity index (χ0v) is 11.6. The molecule has 0 radical (unpaired) electrons. The van der Waals surface area contributed by atoms with Gasteiger partial charge in [-0.2, -0.15) is 0 Å². The third kappa shape index (κ3) is 2.22. The number of nitrogens with one attached hydrogen (secondary N) is 1. The van der Waals surface area contributed by atoms with Crippen LogP contribution in [0, 0.1) is 0 Å². The summed E-state index contributed by atoms with van der Waals surface area (Å²) < 4.78 is 10.6. The topological polar surface area (TPSA) is 64.2 Å². The lowest BCUT2D eigenvalue weighted by Gasteiger charge is -1.99. The second kappa shape index (κ2) is 5.04. The van der Waals surface area contributed by atoms with Crippen molar-refractivity contribution in [3.05, 3.63) is 64.2 Å². The van der Waals surface area contributed by atoms with Gasteiger partial charge in [0.1, 0.15) is 5.82 Å². The lowest BCUT2D eigenvalue weighted by Crippen LogP contribution is -2.09. The number of hydrogen-bond donors (Lipinski definition) is 1. The normalized spacial score (nSPS) is 13.1. The van der Waals surface area contributed by atoms with Crippen LogP contribution >= 0.6 is 0 Å². The highest BCUT2D eigenvalue weighted by molar-refractivity contribution is 5.79. The predicted octanol–water partition coefficient (Wildman–Crippen LogP) is 2.82. The van der Waals surface area contributed by atoms with Gasteiger partial charge in [0.2, 0.25) is 6.79 Å². The lowest BCUT2D eigenvalue weighted by molar-refractivity contribution is 0.174.